The van der Waals surface area contributed by atoms with Crippen LogP contribution in [0.4, 0.5) is 34.1 Å². The van der Waals surface area contributed by atoms with Gasteiger partial charge in [0, 0.05) is 34.1 Å². The third-order valence-corrected chi connectivity index (χ3v) is 22.7. The van der Waals surface area contributed by atoms with Gasteiger partial charge in [-0.2, -0.15) is 0 Å². The van der Waals surface area contributed by atoms with Crippen LogP contribution in [0.5, 0.6) is 0 Å². The minimum atomic E-state index is -1.61. The van der Waals surface area contributed by atoms with Crippen LogP contribution in [0.2, 0.25) is 39.3 Å². The van der Waals surface area contributed by atoms with Crippen molar-refractivity contribution in [2.75, 3.05) is 9.80 Å². The summed E-state index contributed by atoms with van der Waals surface area (Å²) in [6, 6.07) is 122. The van der Waals surface area contributed by atoms with Gasteiger partial charge < -0.3 is 9.80 Å². The number of nitrogens with zero attached hydrogens (tertiary/aromatic N) is 2. The summed E-state index contributed by atoms with van der Waals surface area (Å²) in [5.41, 5.74) is 20.8. The summed E-state index contributed by atoms with van der Waals surface area (Å²) in [6.45, 7) is 14.6. The van der Waals surface area contributed by atoms with Crippen LogP contribution in [-0.4, -0.2) is 16.1 Å². The van der Waals surface area contributed by atoms with E-state index < -0.39 is 16.1 Å². The van der Waals surface area contributed by atoms with Gasteiger partial charge in [0.25, 0.3) is 0 Å². The zero-order valence-electron chi connectivity index (χ0n) is 53.1. The lowest BCUT2D eigenvalue weighted by Gasteiger charge is -2.29. The maximum Gasteiger partial charge on any atom is 0.0775 e. The molecule has 0 radical (unpaired) electrons. The quantitative estimate of drug-likeness (QED) is 0.0791. The minimum Gasteiger partial charge on any atom is -0.310 e. The van der Waals surface area contributed by atoms with Gasteiger partial charge in [-0.1, -0.05) is 292 Å². The Morgan fingerprint density at radius 1 is 0.185 bits per heavy atom. The van der Waals surface area contributed by atoms with Crippen molar-refractivity contribution < 1.29 is 0 Å². The molecule has 0 unspecified atom stereocenters. The number of rotatable bonds is 14. The molecule has 0 spiro atoms. The fourth-order valence-electron chi connectivity index (χ4n) is 13.5. The van der Waals surface area contributed by atoms with Crippen molar-refractivity contribution in [1.29, 1.82) is 0 Å². The van der Waals surface area contributed by atoms with E-state index in [2.05, 4.69) is 377 Å². The van der Waals surface area contributed by atoms with E-state index in [4.69, 9.17) is 0 Å². The summed E-state index contributed by atoms with van der Waals surface area (Å²) in [5.74, 6) is 0. The van der Waals surface area contributed by atoms with Gasteiger partial charge >= 0.3 is 0 Å². The Morgan fingerprint density at radius 3 is 0.793 bits per heavy atom. The molecule has 0 aliphatic rings. The maximum atomic E-state index is 2.47. The van der Waals surface area contributed by atoms with E-state index in [9.17, 15) is 0 Å². The number of hydrogen-bond donors (Lipinski definition) is 0. The zero-order valence-corrected chi connectivity index (χ0v) is 55.1. The number of fused-ring (bicyclic) bond motifs is 4. The Bertz CT molecular complexity index is 4840. The summed E-state index contributed by atoms with van der Waals surface area (Å²) >= 11 is 0. The smallest absolute Gasteiger partial charge is 0.0775 e. The lowest BCUT2D eigenvalue weighted by molar-refractivity contribution is 1.29. The van der Waals surface area contributed by atoms with E-state index in [1.165, 1.54) is 109 Å². The predicted octanol–water partition coefficient (Wildman–Crippen LogP) is 24.3. The Morgan fingerprint density at radius 2 is 0.446 bits per heavy atom. The summed E-state index contributed by atoms with van der Waals surface area (Å²) < 4.78 is 0. The molecule has 15 aromatic carbocycles. The number of anilines is 6. The molecule has 0 saturated heterocycles. The molecule has 15 rings (SSSR count). The monoisotopic (exact) mass is 1210 g/mol. The molecule has 15 aromatic rings. The third-order valence-electron chi connectivity index (χ3n) is 18.6. The molecule has 0 bridgehead atoms. The van der Waals surface area contributed by atoms with E-state index in [1.807, 2.05) is 0 Å². The first-order valence-electron chi connectivity index (χ1n) is 32.2. The highest BCUT2D eigenvalue weighted by molar-refractivity contribution is 6.89. The average Bonchev–Trinajstić information content (AvgIpc) is 0.732. The van der Waals surface area contributed by atoms with Crippen LogP contribution in [0.15, 0.2) is 328 Å². The highest BCUT2D eigenvalue weighted by Gasteiger charge is 2.25. The molecule has 0 aliphatic carbocycles. The molecule has 0 atom stereocenters. The van der Waals surface area contributed by atoms with Crippen LogP contribution < -0.4 is 20.2 Å². The SMILES string of the molecule is C[Si](C)(C)c1ccc(N(c2ccc(-c3ccccc3)cc2)c2ccc3c(-c4ccc(-c5ccc6ccccc6c5)cc4)c4cc(N(c5ccc(-c6ccccc6)cc5)c5ccc([Si](C)(C)C)cc5)ccc4c(-c4ccc(-c5ccc6ccccc6c5)cc4)c3c2)cc1. The van der Waals surface area contributed by atoms with Crippen molar-refractivity contribution in [3.05, 3.63) is 328 Å². The maximum absolute atomic E-state index is 2.47. The van der Waals surface area contributed by atoms with Crippen molar-refractivity contribution >= 4 is 104 Å². The van der Waals surface area contributed by atoms with Crippen molar-refractivity contribution in [1.82, 2.24) is 0 Å². The molecule has 442 valence electrons. The second-order valence-electron chi connectivity index (χ2n) is 26.6. The highest BCUT2D eigenvalue weighted by Crippen LogP contribution is 2.49. The second-order valence-corrected chi connectivity index (χ2v) is 36.7. The first kappa shape index (κ1) is 57.8. The number of hydrogen-bond acceptors (Lipinski definition) is 2. The molecule has 0 heterocycles. The molecular formula is C88H72N2Si2. The molecule has 0 fully saturated rings. The lowest BCUT2D eigenvalue weighted by atomic mass is 9.84. The average molecular weight is 1210 g/mol. The first-order chi connectivity index (χ1) is 44.8. The molecule has 0 aliphatic heterocycles. The molecule has 2 nitrogen and oxygen atoms in total. The fraction of sp³-hybridized carbons (Fsp3) is 0.0682. The molecule has 0 saturated carbocycles. The van der Waals surface area contributed by atoms with E-state index in [1.54, 1.807) is 0 Å². The van der Waals surface area contributed by atoms with Crippen molar-refractivity contribution in [2.45, 2.75) is 39.3 Å². The summed E-state index contributed by atoms with van der Waals surface area (Å²) in [5, 5.41) is 12.5. The van der Waals surface area contributed by atoms with Crippen LogP contribution in [0, 0.1) is 0 Å². The topological polar surface area (TPSA) is 6.48 Å². The molecular weight excluding hydrogens is 1140 g/mol. The van der Waals surface area contributed by atoms with Crippen LogP contribution in [0.3, 0.4) is 0 Å². The number of benzene rings is 15. The minimum absolute atomic E-state index is 1.08. The standard InChI is InChI=1S/C88H72N2Si2/c1-91(2,3)81-51-45-77(46-52-81)89(75-41-37-65(38-42-75)61-17-9-7-10-18-61)79-49-55-83-85(59-79)87(69-31-25-67(26-32-69)73-35-29-63-21-13-15-23-71(63)57-73)84-56-50-80(60-86(84)88(83)70-33-27-68(28-34-70)74-36-30-64-22-14-16-24-72(64)58-74)90(78-47-53-82(54-48-78)92(4,5)6)76-43-39-66(40-44-76)62-19-11-8-12-20-62/h7-60H,1-6H3. The zero-order chi connectivity index (χ0) is 62.5. The van der Waals surface area contributed by atoms with E-state index in [0.29, 0.717) is 0 Å². The van der Waals surface area contributed by atoms with Crippen molar-refractivity contribution in [2.24, 2.45) is 0 Å². The fourth-order valence-corrected chi connectivity index (χ4v) is 15.8. The van der Waals surface area contributed by atoms with Crippen LogP contribution in [0.1, 0.15) is 0 Å². The van der Waals surface area contributed by atoms with Crippen LogP contribution in [-0.2, 0) is 0 Å². The van der Waals surface area contributed by atoms with Gasteiger partial charge in [0.1, 0.15) is 0 Å². The van der Waals surface area contributed by atoms with Gasteiger partial charge in [0.15, 0.2) is 0 Å². The van der Waals surface area contributed by atoms with Crippen LogP contribution in [0.25, 0.3) is 110 Å². The van der Waals surface area contributed by atoms with Gasteiger partial charge in [0.2, 0.25) is 0 Å². The van der Waals surface area contributed by atoms with E-state index >= 15 is 0 Å². The van der Waals surface area contributed by atoms with E-state index in [0.717, 1.165) is 45.3 Å². The van der Waals surface area contributed by atoms with Gasteiger partial charge in [-0.15, -0.1) is 0 Å². The van der Waals surface area contributed by atoms with Crippen molar-refractivity contribution in [3.63, 3.8) is 0 Å². The largest absolute Gasteiger partial charge is 0.310 e. The Balaban J connectivity index is 0.984. The second kappa shape index (κ2) is 24.0. The van der Waals surface area contributed by atoms with Crippen molar-refractivity contribution in [3.8, 4) is 66.8 Å². The Kier molecular flexibility index (Phi) is 15.1. The third kappa shape index (κ3) is 11.3. The van der Waals surface area contributed by atoms with Gasteiger partial charge in [-0.05, 0) is 195 Å². The molecule has 4 heteroatoms. The van der Waals surface area contributed by atoms with Crippen LogP contribution >= 0.6 is 0 Å². The normalized spacial score (nSPS) is 11.8. The van der Waals surface area contributed by atoms with Gasteiger partial charge in [-0.3, -0.25) is 0 Å². The lowest BCUT2D eigenvalue weighted by Crippen LogP contribution is -2.37. The molecule has 0 aromatic heterocycles. The Labute approximate surface area is 543 Å². The van der Waals surface area contributed by atoms with Gasteiger partial charge in [0.05, 0.1) is 16.1 Å². The van der Waals surface area contributed by atoms with E-state index in [-0.39, 0.29) is 0 Å². The summed E-state index contributed by atoms with van der Waals surface area (Å²) in [4.78, 5) is 4.91. The Hall–Kier alpha value is -10.6. The first-order valence-corrected chi connectivity index (χ1v) is 39.2. The summed E-state index contributed by atoms with van der Waals surface area (Å²) in [6.07, 6.45) is 0. The molecule has 0 amide bonds. The summed E-state index contributed by atoms with van der Waals surface area (Å²) in [7, 11) is -3.22. The highest BCUT2D eigenvalue weighted by atomic mass is 28.3. The molecule has 92 heavy (non-hydrogen) atoms. The predicted molar refractivity (Wildman–Crippen MR) is 404 cm³/mol. The van der Waals surface area contributed by atoms with Gasteiger partial charge in [-0.25, -0.2) is 0 Å². The molecule has 0 N–H and O–H groups in total.